The van der Waals surface area contributed by atoms with Crippen molar-refractivity contribution in [3.05, 3.63) is 17.5 Å². The predicted molar refractivity (Wildman–Crippen MR) is 70.0 cm³/mol. The molecule has 4 nitrogen and oxygen atoms in total. The van der Waals surface area contributed by atoms with Crippen LogP contribution in [0.25, 0.3) is 0 Å². The number of hydrogen-bond acceptors (Lipinski definition) is 3. The molecule has 1 saturated heterocycles. The summed E-state index contributed by atoms with van der Waals surface area (Å²) in [6, 6.07) is 2.65. The van der Waals surface area contributed by atoms with E-state index in [9.17, 15) is 0 Å². The number of aromatic nitrogens is 2. The van der Waals surface area contributed by atoms with Crippen LogP contribution in [0.2, 0.25) is 0 Å². The summed E-state index contributed by atoms with van der Waals surface area (Å²) in [5, 5.41) is 7.62. The Kier molecular flexibility index (Phi) is 2.49. The first-order chi connectivity index (χ1) is 8.79. The zero-order chi connectivity index (χ0) is 12.1. The van der Waals surface area contributed by atoms with Crippen molar-refractivity contribution in [3.8, 4) is 0 Å². The molecule has 0 spiro atoms. The second kappa shape index (κ2) is 4.07. The number of nitrogens with one attached hydrogen (secondary N) is 1. The van der Waals surface area contributed by atoms with E-state index in [2.05, 4.69) is 21.2 Å². The maximum absolute atomic E-state index is 6.26. The van der Waals surface area contributed by atoms with Gasteiger partial charge >= 0.3 is 0 Å². The van der Waals surface area contributed by atoms with E-state index in [-0.39, 0.29) is 0 Å². The molecule has 0 radical (unpaired) electrons. The smallest absolute Gasteiger partial charge is 0.0656 e. The van der Waals surface area contributed by atoms with Crippen LogP contribution in [-0.2, 0) is 6.54 Å². The minimum atomic E-state index is 0.392. The lowest BCUT2D eigenvalue weighted by Crippen LogP contribution is -2.30. The lowest BCUT2D eigenvalue weighted by Gasteiger charge is -2.14. The number of aromatic amines is 1. The molecule has 18 heavy (non-hydrogen) atoms. The topological polar surface area (TPSA) is 57.9 Å². The molecule has 3 N–H and O–H groups in total. The number of nitrogens with zero attached hydrogens (tertiary/aromatic N) is 2. The largest absolute Gasteiger partial charge is 0.326 e. The van der Waals surface area contributed by atoms with Crippen LogP contribution in [0.5, 0.6) is 0 Å². The molecule has 4 heteroatoms. The molecule has 2 atom stereocenters. The molecule has 2 aliphatic carbocycles. The van der Waals surface area contributed by atoms with Gasteiger partial charge in [0.15, 0.2) is 0 Å². The first-order valence-corrected chi connectivity index (χ1v) is 7.31. The van der Waals surface area contributed by atoms with Gasteiger partial charge in [-0.1, -0.05) is 0 Å². The molecule has 98 valence electrons. The maximum atomic E-state index is 6.26. The van der Waals surface area contributed by atoms with Crippen molar-refractivity contribution in [2.24, 2.45) is 17.6 Å². The minimum absolute atomic E-state index is 0.392. The van der Waals surface area contributed by atoms with Crippen molar-refractivity contribution in [2.75, 3.05) is 13.1 Å². The summed E-state index contributed by atoms with van der Waals surface area (Å²) in [7, 11) is 0. The zero-order valence-electron chi connectivity index (χ0n) is 10.8. The van der Waals surface area contributed by atoms with E-state index < -0.39 is 0 Å². The van der Waals surface area contributed by atoms with Crippen LogP contribution in [0.15, 0.2) is 6.07 Å². The van der Waals surface area contributed by atoms with E-state index in [0.29, 0.717) is 6.04 Å². The fourth-order valence-electron chi connectivity index (χ4n) is 3.38. The van der Waals surface area contributed by atoms with Gasteiger partial charge in [0, 0.05) is 37.3 Å². The van der Waals surface area contributed by atoms with Gasteiger partial charge in [-0.25, -0.2) is 0 Å². The van der Waals surface area contributed by atoms with E-state index in [0.717, 1.165) is 30.8 Å². The van der Waals surface area contributed by atoms with Crippen molar-refractivity contribution < 1.29 is 0 Å². The van der Waals surface area contributed by atoms with Crippen molar-refractivity contribution in [2.45, 2.75) is 44.2 Å². The second-order valence-corrected chi connectivity index (χ2v) is 6.45. The Labute approximate surface area is 108 Å². The quantitative estimate of drug-likeness (QED) is 0.845. The third-order valence-corrected chi connectivity index (χ3v) is 4.76. The second-order valence-electron chi connectivity index (χ2n) is 6.45. The Balaban J connectivity index is 1.38. The molecule has 1 aliphatic heterocycles. The van der Waals surface area contributed by atoms with Crippen LogP contribution in [-0.4, -0.2) is 34.2 Å². The standard InChI is InChI=1S/C14H22N4/c15-13-8-18(7-12(13)9-1-2-9)6-11-5-14(17-16-11)10-3-4-10/h5,9-10,12-13H,1-4,6-8,15H2,(H,16,17)/t12-,13+/m0/s1. The molecule has 1 aromatic heterocycles. The summed E-state index contributed by atoms with van der Waals surface area (Å²) in [6.45, 7) is 3.24. The van der Waals surface area contributed by atoms with Crippen molar-refractivity contribution in [1.29, 1.82) is 0 Å². The Morgan fingerprint density at radius 2 is 2.11 bits per heavy atom. The van der Waals surface area contributed by atoms with Gasteiger partial charge in [0.1, 0.15) is 0 Å². The molecule has 1 aromatic rings. The Morgan fingerprint density at radius 1 is 1.28 bits per heavy atom. The molecule has 3 fully saturated rings. The third kappa shape index (κ3) is 2.08. The average Bonchev–Trinajstić information content (AvgIpc) is 3.27. The Morgan fingerprint density at radius 3 is 2.83 bits per heavy atom. The highest BCUT2D eigenvalue weighted by atomic mass is 15.2. The van der Waals surface area contributed by atoms with Crippen LogP contribution < -0.4 is 5.73 Å². The third-order valence-electron chi connectivity index (χ3n) is 4.76. The molecule has 3 aliphatic rings. The van der Waals surface area contributed by atoms with Crippen LogP contribution in [0.3, 0.4) is 0 Å². The van der Waals surface area contributed by atoms with Gasteiger partial charge in [0.2, 0.25) is 0 Å². The first-order valence-electron chi connectivity index (χ1n) is 7.31. The molecular weight excluding hydrogens is 224 g/mol. The van der Waals surface area contributed by atoms with E-state index >= 15 is 0 Å². The van der Waals surface area contributed by atoms with Crippen LogP contribution in [0.4, 0.5) is 0 Å². The van der Waals surface area contributed by atoms with Gasteiger partial charge in [-0.3, -0.25) is 10.00 Å². The monoisotopic (exact) mass is 246 g/mol. The summed E-state index contributed by atoms with van der Waals surface area (Å²) in [4.78, 5) is 2.50. The number of nitrogens with two attached hydrogens (primary N) is 1. The van der Waals surface area contributed by atoms with Gasteiger partial charge in [-0.2, -0.15) is 5.10 Å². The van der Waals surface area contributed by atoms with Crippen LogP contribution >= 0.6 is 0 Å². The van der Waals surface area contributed by atoms with Gasteiger partial charge in [-0.05, 0) is 43.6 Å². The fourth-order valence-corrected chi connectivity index (χ4v) is 3.38. The lowest BCUT2D eigenvalue weighted by atomic mass is 9.99. The summed E-state index contributed by atoms with van der Waals surface area (Å²) >= 11 is 0. The highest BCUT2D eigenvalue weighted by Gasteiger charge is 2.40. The molecule has 0 unspecified atom stereocenters. The van der Waals surface area contributed by atoms with Crippen molar-refractivity contribution in [1.82, 2.24) is 15.1 Å². The maximum Gasteiger partial charge on any atom is 0.0656 e. The Hall–Kier alpha value is -0.870. The van der Waals surface area contributed by atoms with E-state index in [1.807, 2.05) is 0 Å². The van der Waals surface area contributed by atoms with Crippen molar-refractivity contribution in [3.63, 3.8) is 0 Å². The Bertz CT molecular complexity index is 433. The van der Waals surface area contributed by atoms with Gasteiger partial charge in [-0.15, -0.1) is 0 Å². The average molecular weight is 246 g/mol. The van der Waals surface area contributed by atoms with E-state index in [4.69, 9.17) is 5.73 Å². The summed E-state index contributed by atoms with van der Waals surface area (Å²) in [5.41, 5.74) is 8.79. The highest BCUT2D eigenvalue weighted by Crippen LogP contribution is 2.41. The summed E-state index contributed by atoms with van der Waals surface area (Å²) in [5.74, 6) is 2.42. The van der Waals surface area contributed by atoms with E-state index in [1.54, 1.807) is 0 Å². The molecule has 2 heterocycles. The SMILES string of the molecule is N[C@@H]1CN(Cc2cc(C3CC3)n[nH]2)C[C@H]1C1CC1. The molecule has 0 bridgehead atoms. The number of hydrogen-bond donors (Lipinski definition) is 2. The van der Waals surface area contributed by atoms with Crippen LogP contribution in [0, 0.1) is 11.8 Å². The number of H-pyrrole nitrogens is 1. The lowest BCUT2D eigenvalue weighted by molar-refractivity contribution is 0.306. The number of rotatable bonds is 4. The number of likely N-dealkylation sites (tertiary alicyclic amines) is 1. The first kappa shape index (κ1) is 11.0. The van der Waals surface area contributed by atoms with Crippen LogP contribution in [0.1, 0.15) is 43.0 Å². The van der Waals surface area contributed by atoms with E-state index in [1.165, 1.54) is 43.6 Å². The molecular formula is C14H22N4. The minimum Gasteiger partial charge on any atom is -0.326 e. The summed E-state index contributed by atoms with van der Waals surface area (Å²) < 4.78 is 0. The molecule has 0 amide bonds. The highest BCUT2D eigenvalue weighted by molar-refractivity contribution is 5.17. The predicted octanol–water partition coefficient (Wildman–Crippen LogP) is 1.46. The summed E-state index contributed by atoms with van der Waals surface area (Å²) in [6.07, 6.45) is 5.45. The zero-order valence-corrected chi connectivity index (χ0v) is 10.8. The van der Waals surface area contributed by atoms with Gasteiger partial charge < -0.3 is 5.73 Å². The molecule has 4 rings (SSSR count). The van der Waals surface area contributed by atoms with Gasteiger partial charge in [0.05, 0.1) is 5.69 Å². The fraction of sp³-hybridized carbons (Fsp3) is 0.786. The molecule has 2 saturated carbocycles. The normalized spacial score (nSPS) is 33.2. The molecule has 0 aromatic carbocycles. The van der Waals surface area contributed by atoms with Crippen molar-refractivity contribution >= 4 is 0 Å². The van der Waals surface area contributed by atoms with Gasteiger partial charge in [0.25, 0.3) is 0 Å².